The molecule has 1 aliphatic rings. The zero-order valence-corrected chi connectivity index (χ0v) is 6.71. The van der Waals surface area contributed by atoms with Gasteiger partial charge in [0.05, 0.1) is 12.4 Å². The summed E-state index contributed by atoms with van der Waals surface area (Å²) in [5.41, 5.74) is -0.157. The van der Waals surface area contributed by atoms with Crippen molar-refractivity contribution < 1.29 is 0 Å². The van der Waals surface area contributed by atoms with Crippen molar-refractivity contribution in [2.45, 2.75) is 12.8 Å². The Hall–Kier alpha value is -1.32. The van der Waals surface area contributed by atoms with Gasteiger partial charge in [-0.15, -0.1) is 0 Å². The molecule has 0 aliphatic heterocycles. The number of aromatic nitrogens is 2. The Morgan fingerprint density at radius 2 is 2.42 bits per heavy atom. The lowest BCUT2D eigenvalue weighted by Crippen LogP contribution is -2.11. The summed E-state index contributed by atoms with van der Waals surface area (Å²) in [7, 11) is 0. The van der Waals surface area contributed by atoms with E-state index in [0.29, 0.717) is 0 Å². The molecule has 1 fully saturated rings. The SMILES string of the molecule is O=c1cncc(NCC2CC2)[nH]1. The average molecular weight is 165 g/mol. The number of hydrogen-bond acceptors (Lipinski definition) is 3. The van der Waals surface area contributed by atoms with Crippen molar-refractivity contribution in [2.24, 2.45) is 5.92 Å². The maximum Gasteiger partial charge on any atom is 0.267 e. The zero-order chi connectivity index (χ0) is 8.39. The number of H-pyrrole nitrogens is 1. The predicted molar refractivity (Wildman–Crippen MR) is 46.1 cm³/mol. The van der Waals surface area contributed by atoms with Crippen LogP contribution in [0.25, 0.3) is 0 Å². The van der Waals surface area contributed by atoms with E-state index in [2.05, 4.69) is 15.3 Å². The molecule has 4 heteroatoms. The molecule has 0 amide bonds. The van der Waals surface area contributed by atoms with Gasteiger partial charge in [0, 0.05) is 6.54 Å². The molecule has 12 heavy (non-hydrogen) atoms. The molecule has 64 valence electrons. The highest BCUT2D eigenvalue weighted by Gasteiger charge is 2.20. The lowest BCUT2D eigenvalue weighted by molar-refractivity contribution is 0.879. The maximum atomic E-state index is 10.8. The molecule has 0 bridgehead atoms. The second-order valence-corrected chi connectivity index (χ2v) is 3.13. The minimum Gasteiger partial charge on any atom is -0.370 e. The van der Waals surface area contributed by atoms with E-state index < -0.39 is 0 Å². The minimum absolute atomic E-state index is 0.157. The quantitative estimate of drug-likeness (QED) is 0.689. The summed E-state index contributed by atoms with van der Waals surface area (Å²) in [6.07, 6.45) is 5.50. The van der Waals surface area contributed by atoms with Crippen LogP contribution in [0, 0.1) is 5.92 Å². The molecule has 1 aliphatic carbocycles. The standard InChI is InChI=1S/C8H11N3O/c12-8-5-9-4-7(11-8)10-3-6-1-2-6/h4-6H,1-3H2,(H2,10,11,12). The number of nitrogens with one attached hydrogen (secondary N) is 2. The normalized spacial score (nSPS) is 16.0. The molecule has 4 nitrogen and oxygen atoms in total. The van der Waals surface area contributed by atoms with Crippen LogP contribution in [0.2, 0.25) is 0 Å². The van der Waals surface area contributed by atoms with E-state index in [1.807, 2.05) is 0 Å². The summed E-state index contributed by atoms with van der Waals surface area (Å²) in [6.45, 7) is 0.946. The van der Waals surface area contributed by atoms with Gasteiger partial charge in [-0.05, 0) is 18.8 Å². The molecule has 2 rings (SSSR count). The van der Waals surface area contributed by atoms with Crippen molar-refractivity contribution in [1.29, 1.82) is 0 Å². The second-order valence-electron chi connectivity index (χ2n) is 3.13. The Kier molecular flexibility index (Phi) is 1.81. The molecule has 0 radical (unpaired) electrons. The number of rotatable bonds is 3. The predicted octanol–water partition coefficient (Wildman–Crippen LogP) is 0.592. The fourth-order valence-corrected chi connectivity index (χ4v) is 1.04. The molecule has 1 heterocycles. The highest BCUT2D eigenvalue weighted by molar-refractivity contribution is 5.29. The van der Waals surface area contributed by atoms with E-state index in [4.69, 9.17) is 0 Å². The first-order chi connectivity index (χ1) is 5.84. The first-order valence-electron chi connectivity index (χ1n) is 4.13. The monoisotopic (exact) mass is 165 g/mol. The lowest BCUT2D eigenvalue weighted by atomic mass is 10.4. The summed E-state index contributed by atoms with van der Waals surface area (Å²) in [5.74, 6) is 1.52. The molecule has 1 aromatic heterocycles. The van der Waals surface area contributed by atoms with Crippen molar-refractivity contribution in [1.82, 2.24) is 9.97 Å². The van der Waals surface area contributed by atoms with Crippen LogP contribution in [0.15, 0.2) is 17.2 Å². The zero-order valence-electron chi connectivity index (χ0n) is 6.71. The summed E-state index contributed by atoms with van der Waals surface area (Å²) >= 11 is 0. The molecular weight excluding hydrogens is 154 g/mol. The van der Waals surface area contributed by atoms with Crippen molar-refractivity contribution in [3.8, 4) is 0 Å². The Bertz CT molecular complexity index is 316. The number of hydrogen-bond donors (Lipinski definition) is 2. The van der Waals surface area contributed by atoms with Gasteiger partial charge in [-0.1, -0.05) is 0 Å². The lowest BCUT2D eigenvalue weighted by Gasteiger charge is -2.02. The van der Waals surface area contributed by atoms with Gasteiger partial charge in [0.1, 0.15) is 5.82 Å². The second kappa shape index (κ2) is 2.97. The van der Waals surface area contributed by atoms with Crippen LogP contribution >= 0.6 is 0 Å². The summed E-state index contributed by atoms with van der Waals surface area (Å²) in [6, 6.07) is 0. The number of nitrogens with zero attached hydrogens (tertiary/aromatic N) is 1. The summed E-state index contributed by atoms with van der Waals surface area (Å²) < 4.78 is 0. The Balaban J connectivity index is 1.97. The average Bonchev–Trinajstić information content (AvgIpc) is 2.84. The van der Waals surface area contributed by atoms with Crippen molar-refractivity contribution in [2.75, 3.05) is 11.9 Å². The van der Waals surface area contributed by atoms with Gasteiger partial charge in [0.25, 0.3) is 5.56 Å². The molecule has 0 unspecified atom stereocenters. The van der Waals surface area contributed by atoms with Crippen LogP contribution in [0.4, 0.5) is 5.82 Å². The third-order valence-corrected chi connectivity index (χ3v) is 1.93. The molecule has 1 saturated carbocycles. The third kappa shape index (κ3) is 1.84. The van der Waals surface area contributed by atoms with Gasteiger partial charge in [-0.3, -0.25) is 9.78 Å². The number of anilines is 1. The van der Waals surface area contributed by atoms with E-state index in [-0.39, 0.29) is 5.56 Å². The molecule has 0 saturated heterocycles. The molecule has 2 N–H and O–H groups in total. The van der Waals surface area contributed by atoms with Crippen LogP contribution in [-0.2, 0) is 0 Å². The van der Waals surface area contributed by atoms with E-state index in [1.165, 1.54) is 19.0 Å². The van der Waals surface area contributed by atoms with Gasteiger partial charge < -0.3 is 10.3 Å². The highest BCUT2D eigenvalue weighted by atomic mass is 16.1. The van der Waals surface area contributed by atoms with Crippen LogP contribution in [0.3, 0.4) is 0 Å². The largest absolute Gasteiger partial charge is 0.370 e. The number of aromatic amines is 1. The van der Waals surface area contributed by atoms with E-state index in [9.17, 15) is 4.79 Å². The molecule has 1 aromatic rings. The van der Waals surface area contributed by atoms with Crippen LogP contribution in [-0.4, -0.2) is 16.5 Å². The van der Waals surface area contributed by atoms with Gasteiger partial charge in [-0.2, -0.15) is 0 Å². The third-order valence-electron chi connectivity index (χ3n) is 1.93. The summed E-state index contributed by atoms with van der Waals surface area (Å²) in [5, 5.41) is 3.13. The van der Waals surface area contributed by atoms with E-state index in [1.54, 1.807) is 6.20 Å². The first kappa shape index (κ1) is 7.34. The first-order valence-corrected chi connectivity index (χ1v) is 4.13. The van der Waals surface area contributed by atoms with Crippen molar-refractivity contribution in [3.63, 3.8) is 0 Å². The molecule has 0 spiro atoms. The topological polar surface area (TPSA) is 57.8 Å². The molecular formula is C8H11N3O. The Morgan fingerprint density at radius 1 is 1.58 bits per heavy atom. The smallest absolute Gasteiger partial charge is 0.267 e. The van der Waals surface area contributed by atoms with Crippen LogP contribution < -0.4 is 10.9 Å². The Labute approximate surface area is 70.0 Å². The Morgan fingerprint density at radius 3 is 3.08 bits per heavy atom. The van der Waals surface area contributed by atoms with E-state index in [0.717, 1.165) is 18.3 Å². The summed E-state index contributed by atoms with van der Waals surface area (Å²) in [4.78, 5) is 17.2. The van der Waals surface area contributed by atoms with Crippen molar-refractivity contribution >= 4 is 5.82 Å². The maximum absolute atomic E-state index is 10.8. The van der Waals surface area contributed by atoms with Gasteiger partial charge in [-0.25, -0.2) is 0 Å². The molecule has 0 atom stereocenters. The van der Waals surface area contributed by atoms with Crippen molar-refractivity contribution in [3.05, 3.63) is 22.7 Å². The highest BCUT2D eigenvalue weighted by Crippen LogP contribution is 2.28. The fourth-order valence-electron chi connectivity index (χ4n) is 1.04. The van der Waals surface area contributed by atoms with E-state index >= 15 is 0 Å². The van der Waals surface area contributed by atoms with Crippen LogP contribution in [0.1, 0.15) is 12.8 Å². The van der Waals surface area contributed by atoms with Gasteiger partial charge >= 0.3 is 0 Å². The molecule has 0 aromatic carbocycles. The van der Waals surface area contributed by atoms with Gasteiger partial charge in [0.15, 0.2) is 0 Å². The fraction of sp³-hybridized carbons (Fsp3) is 0.500. The minimum atomic E-state index is -0.157. The van der Waals surface area contributed by atoms with Gasteiger partial charge in [0.2, 0.25) is 0 Å². The van der Waals surface area contributed by atoms with Crippen LogP contribution in [0.5, 0.6) is 0 Å².